The molecule has 0 aliphatic carbocycles. The third-order valence-electron chi connectivity index (χ3n) is 4.07. The van der Waals surface area contributed by atoms with E-state index in [1.807, 2.05) is 0 Å². The van der Waals surface area contributed by atoms with E-state index >= 15 is 0 Å². The summed E-state index contributed by atoms with van der Waals surface area (Å²) in [6.07, 6.45) is 3.76. The lowest BCUT2D eigenvalue weighted by molar-refractivity contribution is -0.0247. The average Bonchev–Trinajstić information content (AvgIpc) is 2.76. The summed E-state index contributed by atoms with van der Waals surface area (Å²) in [5.74, 6) is 0. The lowest BCUT2D eigenvalue weighted by atomic mass is 9.79. The van der Waals surface area contributed by atoms with Gasteiger partial charge in [-0.05, 0) is 38.7 Å². The Labute approximate surface area is 133 Å². The van der Waals surface area contributed by atoms with Crippen LogP contribution in [0.2, 0.25) is 0 Å². The van der Waals surface area contributed by atoms with Crippen molar-refractivity contribution in [2.75, 3.05) is 10.7 Å². The highest BCUT2D eigenvalue weighted by atomic mass is 79.9. The molecule has 106 valence electrons. The molecule has 3 heteroatoms. The van der Waals surface area contributed by atoms with Gasteiger partial charge in [-0.25, -0.2) is 0 Å². The molecule has 2 rings (SSSR count). The first-order valence-electron chi connectivity index (χ1n) is 6.87. The van der Waals surface area contributed by atoms with Crippen molar-refractivity contribution in [3.8, 4) is 0 Å². The molecule has 1 atom stereocenters. The van der Waals surface area contributed by atoms with Crippen LogP contribution >= 0.6 is 31.9 Å². The summed E-state index contributed by atoms with van der Waals surface area (Å²) >= 11 is 7.44. The Balaban J connectivity index is 2.17. The molecule has 0 spiro atoms. The second-order valence-corrected chi connectivity index (χ2v) is 7.28. The van der Waals surface area contributed by atoms with E-state index in [2.05, 4.69) is 76.0 Å². The molecule has 19 heavy (non-hydrogen) atoms. The minimum atomic E-state index is 0.0473. The van der Waals surface area contributed by atoms with E-state index in [0.717, 1.165) is 23.5 Å². The number of rotatable bonds is 5. The van der Waals surface area contributed by atoms with Crippen LogP contribution in [-0.2, 0) is 10.2 Å². The Morgan fingerprint density at radius 1 is 1.21 bits per heavy atom. The van der Waals surface area contributed by atoms with Crippen molar-refractivity contribution in [2.24, 2.45) is 0 Å². The second-order valence-electron chi connectivity index (χ2n) is 6.16. The van der Waals surface area contributed by atoms with Crippen LogP contribution in [0.25, 0.3) is 0 Å². The van der Waals surface area contributed by atoms with Gasteiger partial charge in [-0.1, -0.05) is 62.2 Å². The highest BCUT2D eigenvalue weighted by molar-refractivity contribution is 9.09. The van der Waals surface area contributed by atoms with E-state index < -0.39 is 0 Å². The molecule has 1 saturated heterocycles. The fourth-order valence-corrected chi connectivity index (χ4v) is 4.90. The third-order valence-corrected chi connectivity index (χ3v) is 6.22. The number of hydrogen-bond acceptors (Lipinski definition) is 1. The Hall–Kier alpha value is 0.140. The van der Waals surface area contributed by atoms with E-state index in [9.17, 15) is 0 Å². The molecule has 0 amide bonds. The van der Waals surface area contributed by atoms with Gasteiger partial charge in [-0.15, -0.1) is 0 Å². The van der Waals surface area contributed by atoms with Gasteiger partial charge in [-0.3, -0.25) is 0 Å². The van der Waals surface area contributed by atoms with Crippen molar-refractivity contribution in [2.45, 2.75) is 50.2 Å². The van der Waals surface area contributed by atoms with Gasteiger partial charge < -0.3 is 4.74 Å². The van der Waals surface area contributed by atoms with Crippen LogP contribution in [-0.4, -0.2) is 22.4 Å². The largest absolute Gasteiger partial charge is 0.372 e. The van der Waals surface area contributed by atoms with Crippen LogP contribution in [0.3, 0.4) is 0 Å². The molecule has 1 unspecified atom stereocenters. The number of alkyl halides is 2. The molecule has 1 aliphatic heterocycles. The maximum absolute atomic E-state index is 6.19. The van der Waals surface area contributed by atoms with E-state index in [0.29, 0.717) is 6.10 Å². The maximum atomic E-state index is 6.19. The summed E-state index contributed by atoms with van der Waals surface area (Å²) in [7, 11) is 0. The second kappa shape index (κ2) is 6.28. The SMILES string of the molecule is CC1(C)CCC(CC(CBr)(CBr)c2ccccc2)O1. The van der Waals surface area contributed by atoms with Crippen molar-refractivity contribution < 1.29 is 4.74 Å². The van der Waals surface area contributed by atoms with E-state index in [1.165, 1.54) is 12.0 Å². The Kier molecular flexibility index (Phi) is 5.13. The van der Waals surface area contributed by atoms with Crippen LogP contribution in [0, 0.1) is 0 Å². The molecule has 1 heterocycles. The summed E-state index contributed by atoms with van der Waals surface area (Å²) in [4.78, 5) is 0. The summed E-state index contributed by atoms with van der Waals surface area (Å²) < 4.78 is 6.19. The minimum Gasteiger partial charge on any atom is -0.372 e. The van der Waals surface area contributed by atoms with Crippen molar-refractivity contribution in [1.82, 2.24) is 0 Å². The predicted molar refractivity (Wildman–Crippen MR) is 88.5 cm³/mol. The standard InChI is InChI=1S/C16H22Br2O/c1-15(2)9-8-14(19-15)10-16(11-17,12-18)13-6-4-3-5-7-13/h3-7,14H,8-12H2,1-2H3. The number of halogens is 2. The smallest absolute Gasteiger partial charge is 0.0631 e. The molecule has 1 aromatic rings. The fraction of sp³-hybridized carbons (Fsp3) is 0.625. The van der Waals surface area contributed by atoms with Gasteiger partial charge in [0.1, 0.15) is 0 Å². The van der Waals surface area contributed by atoms with Crippen molar-refractivity contribution >= 4 is 31.9 Å². The number of ether oxygens (including phenoxy) is 1. The summed E-state index contributed by atoms with van der Waals surface area (Å²) in [5, 5.41) is 1.91. The zero-order valence-electron chi connectivity index (χ0n) is 11.7. The zero-order chi connectivity index (χ0) is 13.9. The maximum Gasteiger partial charge on any atom is 0.0631 e. The van der Waals surface area contributed by atoms with Crippen molar-refractivity contribution in [3.05, 3.63) is 35.9 Å². The molecule has 0 radical (unpaired) electrons. The summed E-state index contributed by atoms with van der Waals surface area (Å²) in [6.45, 7) is 4.39. The molecule has 1 nitrogen and oxygen atoms in total. The lowest BCUT2D eigenvalue weighted by Gasteiger charge is -2.33. The molecule has 0 N–H and O–H groups in total. The normalized spacial score (nSPS) is 22.6. The van der Waals surface area contributed by atoms with Crippen LogP contribution in [0.5, 0.6) is 0 Å². The lowest BCUT2D eigenvalue weighted by Crippen LogP contribution is -2.35. The molecule has 1 fully saturated rings. The van der Waals surface area contributed by atoms with Gasteiger partial charge in [0.25, 0.3) is 0 Å². The summed E-state index contributed by atoms with van der Waals surface area (Å²) in [6, 6.07) is 10.8. The van der Waals surface area contributed by atoms with Gasteiger partial charge in [0.05, 0.1) is 11.7 Å². The highest BCUT2D eigenvalue weighted by Gasteiger charge is 2.39. The quantitative estimate of drug-likeness (QED) is 0.639. The van der Waals surface area contributed by atoms with Crippen LogP contribution in [0.1, 0.15) is 38.7 Å². The minimum absolute atomic E-state index is 0.0473. The Bertz CT molecular complexity index is 398. The van der Waals surface area contributed by atoms with E-state index in [4.69, 9.17) is 4.74 Å². The molecule has 1 aliphatic rings. The average molecular weight is 390 g/mol. The highest BCUT2D eigenvalue weighted by Crippen LogP contribution is 2.40. The first-order chi connectivity index (χ1) is 9.01. The topological polar surface area (TPSA) is 9.23 Å². The van der Waals surface area contributed by atoms with Gasteiger partial charge in [0.2, 0.25) is 0 Å². The molecule has 1 aromatic carbocycles. The van der Waals surface area contributed by atoms with Gasteiger partial charge in [-0.2, -0.15) is 0 Å². The fourth-order valence-electron chi connectivity index (χ4n) is 2.87. The Morgan fingerprint density at radius 2 is 1.84 bits per heavy atom. The third kappa shape index (κ3) is 3.62. The first kappa shape index (κ1) is 15.5. The van der Waals surface area contributed by atoms with Crippen LogP contribution in [0.4, 0.5) is 0 Å². The van der Waals surface area contributed by atoms with Gasteiger partial charge in [0.15, 0.2) is 0 Å². The Morgan fingerprint density at radius 3 is 2.32 bits per heavy atom. The zero-order valence-corrected chi connectivity index (χ0v) is 14.8. The molecular weight excluding hydrogens is 368 g/mol. The predicted octanol–water partition coefficient (Wildman–Crippen LogP) is 5.06. The van der Waals surface area contributed by atoms with Gasteiger partial charge >= 0.3 is 0 Å². The number of benzene rings is 1. The molecular formula is C16H22Br2O. The monoisotopic (exact) mass is 388 g/mol. The van der Waals surface area contributed by atoms with Crippen molar-refractivity contribution in [3.63, 3.8) is 0 Å². The summed E-state index contributed by atoms with van der Waals surface area (Å²) in [5.41, 5.74) is 1.55. The molecule has 0 saturated carbocycles. The van der Waals surface area contributed by atoms with Crippen LogP contribution in [0.15, 0.2) is 30.3 Å². The molecule has 0 aromatic heterocycles. The van der Waals surface area contributed by atoms with Gasteiger partial charge in [0, 0.05) is 16.1 Å². The van der Waals surface area contributed by atoms with Crippen molar-refractivity contribution in [1.29, 1.82) is 0 Å². The first-order valence-corrected chi connectivity index (χ1v) is 9.11. The molecule has 0 bridgehead atoms. The number of hydrogen-bond donors (Lipinski definition) is 0. The van der Waals surface area contributed by atoms with Crippen LogP contribution < -0.4 is 0 Å². The van der Waals surface area contributed by atoms with E-state index in [-0.39, 0.29) is 11.0 Å². The van der Waals surface area contributed by atoms with E-state index in [1.54, 1.807) is 0 Å².